The molecule has 3 heteroatoms. The summed E-state index contributed by atoms with van der Waals surface area (Å²) in [4.78, 5) is 2.16. The van der Waals surface area contributed by atoms with E-state index in [4.69, 9.17) is 0 Å². The predicted octanol–water partition coefficient (Wildman–Crippen LogP) is 1.79. The molecule has 1 unspecified atom stereocenters. The van der Waals surface area contributed by atoms with Crippen molar-refractivity contribution in [3.8, 4) is 0 Å². The van der Waals surface area contributed by atoms with Gasteiger partial charge in [0.2, 0.25) is 0 Å². The summed E-state index contributed by atoms with van der Waals surface area (Å²) >= 11 is 0. The minimum Gasteiger partial charge on any atom is -0.395 e. The summed E-state index contributed by atoms with van der Waals surface area (Å²) < 4.78 is 0. The first-order valence-electron chi connectivity index (χ1n) is 6.17. The average molecular weight is 236 g/mol. The maximum Gasteiger partial charge on any atom is 0.0602 e. The number of likely N-dealkylation sites (N-methyl/N-ethyl adjacent to an activating group) is 1. The third-order valence-corrected chi connectivity index (χ3v) is 2.76. The SMILES string of the molecule is Cc1ccc(N(C)CC(CO)NC(C)C)cc1. The van der Waals surface area contributed by atoms with Gasteiger partial charge in [0.1, 0.15) is 0 Å². The van der Waals surface area contributed by atoms with Crippen LogP contribution in [0.1, 0.15) is 19.4 Å². The van der Waals surface area contributed by atoms with Gasteiger partial charge in [0.25, 0.3) is 0 Å². The van der Waals surface area contributed by atoms with E-state index in [-0.39, 0.29) is 12.6 Å². The molecule has 2 N–H and O–H groups in total. The highest BCUT2D eigenvalue weighted by atomic mass is 16.3. The fraction of sp³-hybridized carbons (Fsp3) is 0.571. The molecule has 17 heavy (non-hydrogen) atoms. The van der Waals surface area contributed by atoms with Gasteiger partial charge < -0.3 is 15.3 Å². The summed E-state index contributed by atoms with van der Waals surface area (Å²) in [7, 11) is 2.05. The molecular weight excluding hydrogens is 212 g/mol. The summed E-state index contributed by atoms with van der Waals surface area (Å²) in [6, 6.07) is 8.93. The molecule has 1 rings (SSSR count). The van der Waals surface area contributed by atoms with Crippen molar-refractivity contribution >= 4 is 5.69 Å². The maximum atomic E-state index is 9.33. The first kappa shape index (κ1) is 14.0. The zero-order chi connectivity index (χ0) is 12.8. The minimum atomic E-state index is 0.112. The van der Waals surface area contributed by atoms with E-state index in [0.29, 0.717) is 6.04 Å². The topological polar surface area (TPSA) is 35.5 Å². The lowest BCUT2D eigenvalue weighted by Gasteiger charge is -2.26. The Morgan fingerprint density at radius 2 is 1.82 bits per heavy atom. The highest BCUT2D eigenvalue weighted by Crippen LogP contribution is 2.13. The van der Waals surface area contributed by atoms with Gasteiger partial charge in [0.05, 0.1) is 6.61 Å². The van der Waals surface area contributed by atoms with Crippen LogP contribution in [0.15, 0.2) is 24.3 Å². The first-order chi connectivity index (χ1) is 8.02. The third-order valence-electron chi connectivity index (χ3n) is 2.76. The molecule has 96 valence electrons. The van der Waals surface area contributed by atoms with E-state index in [1.54, 1.807) is 0 Å². The molecule has 1 atom stereocenters. The van der Waals surface area contributed by atoms with Crippen molar-refractivity contribution < 1.29 is 5.11 Å². The summed E-state index contributed by atoms with van der Waals surface area (Å²) in [5.41, 5.74) is 2.45. The molecule has 0 heterocycles. The molecule has 0 bridgehead atoms. The van der Waals surface area contributed by atoms with E-state index < -0.39 is 0 Å². The smallest absolute Gasteiger partial charge is 0.0602 e. The van der Waals surface area contributed by atoms with Crippen LogP contribution in [-0.2, 0) is 0 Å². The molecule has 0 amide bonds. The number of hydrogen-bond acceptors (Lipinski definition) is 3. The summed E-state index contributed by atoms with van der Waals surface area (Å²) in [6.45, 7) is 7.23. The first-order valence-corrected chi connectivity index (χ1v) is 6.17. The number of hydrogen-bond donors (Lipinski definition) is 2. The minimum absolute atomic E-state index is 0.112. The van der Waals surface area contributed by atoms with E-state index >= 15 is 0 Å². The van der Waals surface area contributed by atoms with E-state index in [2.05, 4.69) is 62.3 Å². The number of benzene rings is 1. The fourth-order valence-corrected chi connectivity index (χ4v) is 1.87. The summed E-state index contributed by atoms with van der Waals surface area (Å²) in [5, 5.41) is 12.7. The van der Waals surface area contributed by atoms with E-state index in [1.807, 2.05) is 0 Å². The van der Waals surface area contributed by atoms with Crippen molar-refractivity contribution in [3.05, 3.63) is 29.8 Å². The molecule has 1 aromatic carbocycles. The van der Waals surface area contributed by atoms with Crippen molar-refractivity contribution in [1.29, 1.82) is 0 Å². The summed E-state index contributed by atoms with van der Waals surface area (Å²) in [5.74, 6) is 0. The number of rotatable bonds is 6. The molecule has 0 aliphatic carbocycles. The van der Waals surface area contributed by atoms with Crippen molar-refractivity contribution in [3.63, 3.8) is 0 Å². The standard InChI is InChI=1S/C14H24N2O/c1-11(2)15-13(10-17)9-16(4)14-7-5-12(3)6-8-14/h5-8,11,13,15,17H,9-10H2,1-4H3. The molecule has 3 nitrogen and oxygen atoms in total. The summed E-state index contributed by atoms with van der Waals surface area (Å²) in [6.07, 6.45) is 0. The number of aryl methyl sites for hydroxylation is 1. The number of anilines is 1. The number of aliphatic hydroxyl groups excluding tert-OH is 1. The van der Waals surface area contributed by atoms with Crippen LogP contribution in [0, 0.1) is 6.92 Å². The predicted molar refractivity (Wildman–Crippen MR) is 73.6 cm³/mol. The van der Waals surface area contributed by atoms with Crippen LogP contribution in [0.3, 0.4) is 0 Å². The molecule has 0 radical (unpaired) electrons. The number of nitrogens with zero attached hydrogens (tertiary/aromatic N) is 1. The lowest BCUT2D eigenvalue weighted by Crippen LogP contribution is -2.45. The molecule has 0 aliphatic rings. The van der Waals surface area contributed by atoms with Crippen molar-refractivity contribution in [2.24, 2.45) is 0 Å². The number of nitrogens with one attached hydrogen (secondary N) is 1. The van der Waals surface area contributed by atoms with Crippen LogP contribution >= 0.6 is 0 Å². The van der Waals surface area contributed by atoms with E-state index in [9.17, 15) is 5.11 Å². The van der Waals surface area contributed by atoms with Crippen LogP contribution < -0.4 is 10.2 Å². The quantitative estimate of drug-likeness (QED) is 0.790. The Kier molecular flexibility index (Phi) is 5.45. The van der Waals surface area contributed by atoms with Crippen molar-refractivity contribution in [1.82, 2.24) is 5.32 Å². The fourth-order valence-electron chi connectivity index (χ4n) is 1.87. The molecule has 0 fully saturated rings. The average Bonchev–Trinajstić information content (AvgIpc) is 2.28. The van der Waals surface area contributed by atoms with Gasteiger partial charge in [0.15, 0.2) is 0 Å². The van der Waals surface area contributed by atoms with Crippen LogP contribution in [0.4, 0.5) is 5.69 Å². The molecule has 0 spiro atoms. The van der Waals surface area contributed by atoms with Crippen LogP contribution in [0.5, 0.6) is 0 Å². The lowest BCUT2D eigenvalue weighted by molar-refractivity contribution is 0.237. The molecular formula is C14H24N2O. The van der Waals surface area contributed by atoms with E-state index in [0.717, 1.165) is 6.54 Å². The largest absolute Gasteiger partial charge is 0.395 e. The lowest BCUT2D eigenvalue weighted by atomic mass is 10.2. The van der Waals surface area contributed by atoms with Gasteiger partial charge in [-0.2, -0.15) is 0 Å². The van der Waals surface area contributed by atoms with Gasteiger partial charge in [-0.1, -0.05) is 31.5 Å². The maximum absolute atomic E-state index is 9.33. The van der Waals surface area contributed by atoms with Gasteiger partial charge >= 0.3 is 0 Å². The molecule has 0 aliphatic heterocycles. The highest BCUT2D eigenvalue weighted by Gasteiger charge is 2.11. The Balaban J connectivity index is 2.57. The Morgan fingerprint density at radius 3 is 2.29 bits per heavy atom. The number of aliphatic hydroxyl groups is 1. The second-order valence-corrected chi connectivity index (χ2v) is 4.92. The highest BCUT2D eigenvalue weighted by molar-refractivity contribution is 5.46. The van der Waals surface area contributed by atoms with Crippen LogP contribution in [0.2, 0.25) is 0 Å². The third kappa shape index (κ3) is 4.75. The Bertz CT molecular complexity index is 321. The second-order valence-electron chi connectivity index (χ2n) is 4.92. The Hall–Kier alpha value is -1.06. The van der Waals surface area contributed by atoms with Crippen molar-refractivity contribution in [2.75, 3.05) is 25.1 Å². The van der Waals surface area contributed by atoms with Crippen LogP contribution in [0.25, 0.3) is 0 Å². The van der Waals surface area contributed by atoms with Gasteiger partial charge in [-0.15, -0.1) is 0 Å². The molecule has 1 aromatic rings. The normalized spacial score (nSPS) is 12.8. The Morgan fingerprint density at radius 1 is 1.24 bits per heavy atom. The van der Waals surface area contributed by atoms with Gasteiger partial charge in [-0.25, -0.2) is 0 Å². The van der Waals surface area contributed by atoms with Gasteiger partial charge in [-0.05, 0) is 19.1 Å². The molecule has 0 aromatic heterocycles. The molecule has 0 saturated heterocycles. The zero-order valence-electron chi connectivity index (χ0n) is 11.3. The zero-order valence-corrected chi connectivity index (χ0v) is 11.3. The van der Waals surface area contributed by atoms with Gasteiger partial charge in [0, 0.05) is 31.4 Å². The molecule has 0 saturated carbocycles. The van der Waals surface area contributed by atoms with E-state index in [1.165, 1.54) is 11.3 Å². The monoisotopic (exact) mass is 236 g/mol. The Labute approximate surface area is 104 Å². The van der Waals surface area contributed by atoms with Crippen LogP contribution in [-0.4, -0.2) is 37.4 Å². The van der Waals surface area contributed by atoms with Gasteiger partial charge in [-0.3, -0.25) is 0 Å². The van der Waals surface area contributed by atoms with Crippen molar-refractivity contribution in [2.45, 2.75) is 32.9 Å². The second kappa shape index (κ2) is 6.62.